The van der Waals surface area contributed by atoms with Gasteiger partial charge in [-0.1, -0.05) is 42.5 Å². The maximum Gasteiger partial charge on any atom is 0.335 e. The molecule has 3 aromatic carbocycles. The zero-order chi connectivity index (χ0) is 31.2. The Bertz CT molecular complexity index is 2270. The van der Waals surface area contributed by atoms with Gasteiger partial charge in [-0.3, -0.25) is 4.98 Å². The van der Waals surface area contributed by atoms with E-state index in [9.17, 15) is 9.90 Å². The summed E-state index contributed by atoms with van der Waals surface area (Å²) in [5, 5.41) is 11.6. The first-order valence-electron chi connectivity index (χ1n) is 15.0. The fourth-order valence-corrected chi connectivity index (χ4v) is 5.89. The third-order valence-corrected chi connectivity index (χ3v) is 8.38. The van der Waals surface area contributed by atoms with Crippen molar-refractivity contribution in [2.45, 2.75) is 32.1 Å². The van der Waals surface area contributed by atoms with Crippen LogP contribution in [0.5, 0.6) is 5.88 Å². The molecule has 5 heterocycles. The molecule has 1 fully saturated rings. The van der Waals surface area contributed by atoms with Crippen LogP contribution in [0.15, 0.2) is 95.5 Å². The molecule has 7 aromatic rings. The molecule has 1 atom stereocenters. The predicted molar refractivity (Wildman–Crippen MR) is 169 cm³/mol. The number of aromatic carboxylic acids is 1. The van der Waals surface area contributed by atoms with Crippen molar-refractivity contribution in [2.75, 3.05) is 6.61 Å². The van der Waals surface area contributed by atoms with Gasteiger partial charge in [-0.05, 0) is 42.8 Å². The first-order chi connectivity index (χ1) is 22.5. The van der Waals surface area contributed by atoms with Crippen LogP contribution in [0.25, 0.3) is 44.2 Å². The van der Waals surface area contributed by atoms with Crippen LogP contribution in [0.1, 0.15) is 33.9 Å². The summed E-state index contributed by atoms with van der Waals surface area (Å²) in [6.07, 6.45) is 2.60. The lowest BCUT2D eigenvalue weighted by molar-refractivity contribution is -0.0589. The SMILES string of the molecule is O=C(O)c1ccc2nc(Cc3ncc(-c4cccc(OCc5cccc6c5oc5ccccc56)n4)cc3F)n(C[C@@H]3CCO3)c2c1. The van der Waals surface area contributed by atoms with Gasteiger partial charge in [-0.15, -0.1) is 0 Å². The molecule has 0 unspecified atom stereocenters. The summed E-state index contributed by atoms with van der Waals surface area (Å²) < 4.78 is 35.3. The molecule has 228 valence electrons. The standard InChI is InChI=1S/C36H27FN4O5/c37-27-15-23(18-38-30(27)17-33-39-29-12-11-21(36(42)43)16-31(29)41(33)19-24-13-14-44-24)28-8-4-10-34(40-28)45-20-22-5-3-7-26-25-6-1-2-9-32(25)46-35(22)26/h1-12,15-16,18,24H,13-14,17,19-20H2,(H,42,43)/t24-/m0/s1. The van der Waals surface area contributed by atoms with E-state index in [0.29, 0.717) is 47.1 Å². The smallest absolute Gasteiger partial charge is 0.335 e. The van der Waals surface area contributed by atoms with E-state index in [4.69, 9.17) is 18.9 Å². The Labute approximate surface area is 261 Å². The molecule has 0 amide bonds. The molecule has 0 bridgehead atoms. The van der Waals surface area contributed by atoms with Gasteiger partial charge in [0.1, 0.15) is 29.4 Å². The number of hydrogen-bond donors (Lipinski definition) is 1. The molecule has 0 saturated carbocycles. The fraction of sp³-hybridized carbons (Fsp3) is 0.167. The van der Waals surface area contributed by atoms with Gasteiger partial charge >= 0.3 is 5.97 Å². The maximum absolute atomic E-state index is 15.6. The quantitative estimate of drug-likeness (QED) is 0.182. The van der Waals surface area contributed by atoms with Gasteiger partial charge in [0, 0.05) is 40.8 Å². The molecule has 1 aliphatic rings. The maximum atomic E-state index is 15.6. The fourth-order valence-electron chi connectivity index (χ4n) is 5.89. The summed E-state index contributed by atoms with van der Waals surface area (Å²) in [5.41, 5.74) is 5.20. The molecule has 46 heavy (non-hydrogen) atoms. The Morgan fingerprint density at radius 1 is 1.00 bits per heavy atom. The molecule has 1 aliphatic heterocycles. The first-order valence-corrected chi connectivity index (χ1v) is 15.0. The Balaban J connectivity index is 1.03. The van der Waals surface area contributed by atoms with Crippen LogP contribution in [-0.2, 0) is 24.3 Å². The van der Waals surface area contributed by atoms with Crippen molar-refractivity contribution in [3.8, 4) is 17.1 Å². The molecule has 0 radical (unpaired) electrons. The number of fused-ring (bicyclic) bond motifs is 4. The number of carboxylic acid groups (broad SMARTS) is 1. The predicted octanol–water partition coefficient (Wildman–Crippen LogP) is 7.19. The topological polar surface area (TPSA) is 113 Å². The number of benzene rings is 3. The van der Waals surface area contributed by atoms with Crippen LogP contribution >= 0.6 is 0 Å². The highest BCUT2D eigenvalue weighted by atomic mass is 19.1. The molecule has 0 aliphatic carbocycles. The minimum absolute atomic E-state index is 0.00276. The summed E-state index contributed by atoms with van der Waals surface area (Å²) >= 11 is 0. The van der Waals surface area contributed by atoms with Gasteiger partial charge in [0.15, 0.2) is 0 Å². The van der Waals surface area contributed by atoms with E-state index in [1.807, 2.05) is 53.1 Å². The Hall–Kier alpha value is -5.61. The van der Waals surface area contributed by atoms with Gasteiger partial charge < -0.3 is 23.6 Å². The van der Waals surface area contributed by atoms with Crippen molar-refractivity contribution < 1.29 is 28.2 Å². The van der Waals surface area contributed by atoms with Crippen molar-refractivity contribution in [3.63, 3.8) is 0 Å². The van der Waals surface area contributed by atoms with E-state index in [-0.39, 0.29) is 30.4 Å². The number of imidazole rings is 1. The molecular formula is C36H27FN4O5. The summed E-state index contributed by atoms with van der Waals surface area (Å²) in [7, 11) is 0. The lowest BCUT2D eigenvalue weighted by atomic mass is 10.1. The zero-order valence-corrected chi connectivity index (χ0v) is 24.5. The van der Waals surface area contributed by atoms with Crippen molar-refractivity contribution in [1.82, 2.24) is 19.5 Å². The van der Waals surface area contributed by atoms with Crippen LogP contribution in [0.2, 0.25) is 0 Å². The lowest BCUT2D eigenvalue weighted by Gasteiger charge is -2.27. The largest absolute Gasteiger partial charge is 0.478 e. The monoisotopic (exact) mass is 614 g/mol. The number of furan rings is 1. The van der Waals surface area contributed by atoms with E-state index < -0.39 is 11.8 Å². The molecule has 4 aromatic heterocycles. The van der Waals surface area contributed by atoms with Gasteiger partial charge in [-0.2, -0.15) is 0 Å². The number of aromatic nitrogens is 4. The number of pyridine rings is 2. The number of carboxylic acids is 1. The van der Waals surface area contributed by atoms with Crippen LogP contribution < -0.4 is 4.74 Å². The van der Waals surface area contributed by atoms with Crippen LogP contribution in [-0.4, -0.2) is 43.3 Å². The van der Waals surface area contributed by atoms with Crippen molar-refractivity contribution in [3.05, 3.63) is 120 Å². The Kier molecular flexibility index (Phi) is 6.91. The van der Waals surface area contributed by atoms with E-state index in [2.05, 4.69) is 9.97 Å². The molecule has 8 rings (SSSR count). The van der Waals surface area contributed by atoms with E-state index in [1.54, 1.807) is 30.5 Å². The molecule has 10 heteroatoms. The van der Waals surface area contributed by atoms with Gasteiger partial charge in [0.25, 0.3) is 0 Å². The molecule has 1 N–H and O–H groups in total. The Morgan fingerprint density at radius 3 is 2.67 bits per heavy atom. The molecule has 1 saturated heterocycles. The molecule has 9 nitrogen and oxygen atoms in total. The highest BCUT2D eigenvalue weighted by Crippen LogP contribution is 2.32. The highest BCUT2D eigenvalue weighted by molar-refractivity contribution is 6.05. The zero-order valence-electron chi connectivity index (χ0n) is 24.5. The minimum Gasteiger partial charge on any atom is -0.478 e. The number of ether oxygens (including phenoxy) is 2. The summed E-state index contributed by atoms with van der Waals surface area (Å²) in [4.78, 5) is 25.4. The van der Waals surface area contributed by atoms with E-state index in [1.165, 1.54) is 12.1 Å². The van der Waals surface area contributed by atoms with Crippen molar-refractivity contribution >= 4 is 38.9 Å². The number of rotatable bonds is 9. The van der Waals surface area contributed by atoms with Crippen molar-refractivity contribution in [2.24, 2.45) is 0 Å². The van der Waals surface area contributed by atoms with E-state index in [0.717, 1.165) is 33.9 Å². The first kappa shape index (κ1) is 27.9. The second-order valence-corrected chi connectivity index (χ2v) is 11.3. The van der Waals surface area contributed by atoms with Crippen LogP contribution in [0, 0.1) is 5.82 Å². The van der Waals surface area contributed by atoms with Gasteiger partial charge in [0.2, 0.25) is 5.88 Å². The average molecular weight is 615 g/mol. The second kappa shape index (κ2) is 11.4. The number of nitrogens with zero attached hydrogens (tertiary/aromatic N) is 4. The average Bonchev–Trinajstić information content (AvgIpc) is 3.60. The summed E-state index contributed by atoms with van der Waals surface area (Å²) in [6.45, 7) is 1.43. The van der Waals surface area contributed by atoms with Crippen LogP contribution in [0.4, 0.5) is 4.39 Å². The number of halogens is 1. The van der Waals surface area contributed by atoms with Crippen molar-refractivity contribution in [1.29, 1.82) is 0 Å². The Morgan fingerprint density at radius 2 is 1.85 bits per heavy atom. The third kappa shape index (κ3) is 5.12. The minimum atomic E-state index is -1.02. The molecular weight excluding hydrogens is 587 g/mol. The normalized spacial score (nSPS) is 14.6. The number of hydrogen-bond acceptors (Lipinski definition) is 7. The number of para-hydroxylation sites is 2. The van der Waals surface area contributed by atoms with Gasteiger partial charge in [0.05, 0.1) is 47.1 Å². The highest BCUT2D eigenvalue weighted by Gasteiger charge is 2.23. The van der Waals surface area contributed by atoms with Crippen LogP contribution in [0.3, 0.4) is 0 Å². The lowest BCUT2D eigenvalue weighted by Crippen LogP contribution is -2.31. The second-order valence-electron chi connectivity index (χ2n) is 11.3. The van der Waals surface area contributed by atoms with Gasteiger partial charge in [-0.25, -0.2) is 19.2 Å². The summed E-state index contributed by atoms with van der Waals surface area (Å²) in [6, 6.07) is 25.4. The summed E-state index contributed by atoms with van der Waals surface area (Å²) in [5.74, 6) is -0.541. The third-order valence-electron chi connectivity index (χ3n) is 8.38. The molecule has 0 spiro atoms. The van der Waals surface area contributed by atoms with E-state index >= 15 is 4.39 Å². The number of carbonyl (C=O) groups is 1.